The first-order valence-corrected chi connectivity index (χ1v) is 6.55. The zero-order valence-corrected chi connectivity index (χ0v) is 10.8. The Kier molecular flexibility index (Phi) is 4.31. The van der Waals surface area contributed by atoms with Crippen molar-refractivity contribution in [1.82, 2.24) is 15.3 Å². The van der Waals surface area contributed by atoms with E-state index >= 15 is 0 Å². The minimum Gasteiger partial charge on any atom is -0.342 e. The summed E-state index contributed by atoms with van der Waals surface area (Å²) in [6.07, 6.45) is 8.74. The molecule has 1 aromatic heterocycles. The zero-order valence-electron chi connectivity index (χ0n) is 10.8. The standard InChI is InChI=1S/C13H22N4/c1-3-11-8-15-13(16-9-11)17(2)10-12-6-4-5-7-14-12/h8-9,12,14H,3-7,10H2,1-2H3. The van der Waals surface area contributed by atoms with Gasteiger partial charge in [0.2, 0.25) is 5.95 Å². The lowest BCUT2D eigenvalue weighted by molar-refractivity contribution is 0.402. The largest absolute Gasteiger partial charge is 0.342 e. The molecule has 2 rings (SSSR count). The molecule has 4 heteroatoms. The number of likely N-dealkylation sites (N-methyl/N-ethyl adjacent to an activating group) is 1. The van der Waals surface area contributed by atoms with Gasteiger partial charge in [0.1, 0.15) is 0 Å². The van der Waals surface area contributed by atoms with Crippen molar-refractivity contribution in [2.24, 2.45) is 0 Å². The Balaban J connectivity index is 1.91. The van der Waals surface area contributed by atoms with Gasteiger partial charge in [-0.2, -0.15) is 0 Å². The van der Waals surface area contributed by atoms with E-state index in [-0.39, 0.29) is 0 Å². The van der Waals surface area contributed by atoms with E-state index in [0.29, 0.717) is 6.04 Å². The summed E-state index contributed by atoms with van der Waals surface area (Å²) in [5.41, 5.74) is 1.19. The van der Waals surface area contributed by atoms with E-state index in [0.717, 1.165) is 25.5 Å². The van der Waals surface area contributed by atoms with Gasteiger partial charge in [-0.1, -0.05) is 13.3 Å². The van der Waals surface area contributed by atoms with Crippen LogP contribution in [0.5, 0.6) is 0 Å². The summed E-state index contributed by atoms with van der Waals surface area (Å²) < 4.78 is 0. The SMILES string of the molecule is CCc1cnc(N(C)CC2CCCCN2)nc1. The summed E-state index contributed by atoms with van der Waals surface area (Å²) in [5, 5.41) is 3.55. The van der Waals surface area contributed by atoms with Crippen molar-refractivity contribution in [2.75, 3.05) is 25.0 Å². The summed E-state index contributed by atoms with van der Waals surface area (Å²) in [6.45, 7) is 4.26. The molecule has 94 valence electrons. The predicted molar refractivity (Wildman–Crippen MR) is 70.3 cm³/mol. The molecule has 1 saturated heterocycles. The first kappa shape index (κ1) is 12.3. The second kappa shape index (κ2) is 5.96. The maximum absolute atomic E-state index is 4.40. The molecule has 0 amide bonds. The molecule has 1 N–H and O–H groups in total. The first-order chi connectivity index (χ1) is 8.29. The van der Waals surface area contributed by atoms with Crippen LogP contribution in [0.1, 0.15) is 31.7 Å². The fraction of sp³-hybridized carbons (Fsp3) is 0.692. The Labute approximate surface area is 103 Å². The molecule has 1 aliphatic heterocycles. The van der Waals surface area contributed by atoms with Crippen molar-refractivity contribution in [1.29, 1.82) is 0 Å². The summed E-state index contributed by atoms with van der Waals surface area (Å²) in [5.74, 6) is 0.828. The van der Waals surface area contributed by atoms with Crippen LogP contribution in [0.4, 0.5) is 5.95 Å². The van der Waals surface area contributed by atoms with Gasteiger partial charge in [0, 0.05) is 32.0 Å². The highest BCUT2D eigenvalue weighted by Gasteiger charge is 2.15. The van der Waals surface area contributed by atoms with E-state index in [1.807, 2.05) is 12.4 Å². The molecule has 17 heavy (non-hydrogen) atoms. The summed E-state index contributed by atoms with van der Waals surface area (Å²) >= 11 is 0. The molecule has 0 bridgehead atoms. The minimum atomic E-state index is 0.586. The summed E-state index contributed by atoms with van der Waals surface area (Å²) in [4.78, 5) is 10.9. The second-order valence-corrected chi connectivity index (χ2v) is 4.77. The van der Waals surface area contributed by atoms with Gasteiger partial charge >= 0.3 is 0 Å². The Bertz CT molecular complexity index is 330. The molecule has 0 aliphatic carbocycles. The molecule has 2 heterocycles. The van der Waals surface area contributed by atoms with Crippen LogP contribution in [-0.4, -0.2) is 36.1 Å². The molecular formula is C13H22N4. The molecular weight excluding hydrogens is 212 g/mol. The van der Waals surface area contributed by atoms with Crippen LogP contribution in [-0.2, 0) is 6.42 Å². The average molecular weight is 234 g/mol. The molecule has 0 radical (unpaired) electrons. The van der Waals surface area contributed by atoms with Crippen molar-refractivity contribution in [3.8, 4) is 0 Å². The number of aryl methyl sites for hydroxylation is 1. The fourth-order valence-electron chi connectivity index (χ4n) is 2.22. The molecule has 1 aliphatic rings. The predicted octanol–water partition coefficient (Wildman–Crippen LogP) is 1.62. The smallest absolute Gasteiger partial charge is 0.225 e. The highest BCUT2D eigenvalue weighted by atomic mass is 15.2. The monoisotopic (exact) mass is 234 g/mol. The second-order valence-electron chi connectivity index (χ2n) is 4.77. The topological polar surface area (TPSA) is 41.1 Å². The Hall–Kier alpha value is -1.16. The normalized spacial score (nSPS) is 20.2. The highest BCUT2D eigenvalue weighted by molar-refractivity contribution is 5.28. The van der Waals surface area contributed by atoms with Crippen molar-refractivity contribution < 1.29 is 0 Å². The van der Waals surface area contributed by atoms with Gasteiger partial charge in [0.25, 0.3) is 0 Å². The van der Waals surface area contributed by atoms with Crippen LogP contribution >= 0.6 is 0 Å². The van der Waals surface area contributed by atoms with Crippen LogP contribution in [0.15, 0.2) is 12.4 Å². The van der Waals surface area contributed by atoms with E-state index in [9.17, 15) is 0 Å². The lowest BCUT2D eigenvalue weighted by Gasteiger charge is -2.28. The summed E-state index contributed by atoms with van der Waals surface area (Å²) in [7, 11) is 2.07. The molecule has 0 saturated carbocycles. The third-order valence-corrected chi connectivity index (χ3v) is 3.35. The number of nitrogens with zero attached hydrogens (tertiary/aromatic N) is 3. The lowest BCUT2D eigenvalue weighted by Crippen LogP contribution is -2.42. The number of aromatic nitrogens is 2. The van der Waals surface area contributed by atoms with Crippen molar-refractivity contribution in [3.05, 3.63) is 18.0 Å². The molecule has 1 fully saturated rings. The van der Waals surface area contributed by atoms with Crippen molar-refractivity contribution in [3.63, 3.8) is 0 Å². The first-order valence-electron chi connectivity index (χ1n) is 6.55. The molecule has 4 nitrogen and oxygen atoms in total. The molecule has 0 spiro atoms. The molecule has 1 unspecified atom stereocenters. The van der Waals surface area contributed by atoms with E-state index in [1.54, 1.807) is 0 Å². The number of hydrogen-bond acceptors (Lipinski definition) is 4. The quantitative estimate of drug-likeness (QED) is 0.859. The van der Waals surface area contributed by atoms with Crippen LogP contribution in [0, 0.1) is 0 Å². The number of anilines is 1. The van der Waals surface area contributed by atoms with Gasteiger partial charge in [0.05, 0.1) is 0 Å². The number of piperidine rings is 1. The molecule has 0 aromatic carbocycles. The lowest BCUT2D eigenvalue weighted by atomic mass is 10.0. The van der Waals surface area contributed by atoms with Gasteiger partial charge in [-0.15, -0.1) is 0 Å². The van der Waals surface area contributed by atoms with Crippen molar-refractivity contribution in [2.45, 2.75) is 38.6 Å². The third kappa shape index (κ3) is 3.40. The number of rotatable bonds is 4. The maximum Gasteiger partial charge on any atom is 0.225 e. The van der Waals surface area contributed by atoms with Crippen LogP contribution in [0.2, 0.25) is 0 Å². The van der Waals surface area contributed by atoms with Gasteiger partial charge < -0.3 is 10.2 Å². The van der Waals surface area contributed by atoms with Crippen LogP contribution < -0.4 is 10.2 Å². The van der Waals surface area contributed by atoms with E-state index in [4.69, 9.17) is 0 Å². The third-order valence-electron chi connectivity index (χ3n) is 3.35. The van der Waals surface area contributed by atoms with Gasteiger partial charge in [-0.3, -0.25) is 0 Å². The highest BCUT2D eigenvalue weighted by Crippen LogP contribution is 2.11. The number of hydrogen-bond donors (Lipinski definition) is 1. The Morgan fingerprint density at radius 2 is 2.12 bits per heavy atom. The average Bonchev–Trinajstić information content (AvgIpc) is 2.40. The van der Waals surface area contributed by atoms with Gasteiger partial charge in [-0.05, 0) is 31.4 Å². The zero-order chi connectivity index (χ0) is 12.1. The summed E-state index contributed by atoms with van der Waals surface area (Å²) in [6, 6.07) is 0.586. The van der Waals surface area contributed by atoms with E-state index in [2.05, 4.69) is 34.2 Å². The van der Waals surface area contributed by atoms with E-state index in [1.165, 1.54) is 24.8 Å². The fourth-order valence-corrected chi connectivity index (χ4v) is 2.22. The maximum atomic E-state index is 4.40. The van der Waals surface area contributed by atoms with Gasteiger partial charge in [-0.25, -0.2) is 9.97 Å². The Morgan fingerprint density at radius 1 is 1.35 bits per heavy atom. The minimum absolute atomic E-state index is 0.586. The van der Waals surface area contributed by atoms with Crippen molar-refractivity contribution >= 4 is 5.95 Å². The van der Waals surface area contributed by atoms with Crippen LogP contribution in [0.25, 0.3) is 0 Å². The number of nitrogens with one attached hydrogen (secondary N) is 1. The Morgan fingerprint density at radius 3 is 2.71 bits per heavy atom. The van der Waals surface area contributed by atoms with E-state index < -0.39 is 0 Å². The molecule has 1 atom stereocenters. The van der Waals surface area contributed by atoms with Gasteiger partial charge in [0.15, 0.2) is 0 Å². The van der Waals surface area contributed by atoms with Crippen LogP contribution in [0.3, 0.4) is 0 Å². The molecule has 1 aromatic rings.